The van der Waals surface area contributed by atoms with Crippen molar-refractivity contribution < 1.29 is 22.7 Å². The van der Waals surface area contributed by atoms with Crippen LogP contribution in [0.5, 0.6) is 0 Å². The standard InChI is InChI=1S/C12H13F3O2/c1-4-17-11(16)12(2,3)10-8(14)5-7(13)6-9(10)15/h5-6H,4H2,1-3H3. The van der Waals surface area contributed by atoms with Crippen molar-refractivity contribution in [2.45, 2.75) is 26.2 Å². The molecule has 0 aliphatic rings. The van der Waals surface area contributed by atoms with Crippen LogP contribution in [0.15, 0.2) is 12.1 Å². The number of halogens is 3. The maximum atomic E-state index is 13.5. The van der Waals surface area contributed by atoms with Crippen LogP contribution in [0.3, 0.4) is 0 Å². The molecule has 0 aliphatic carbocycles. The van der Waals surface area contributed by atoms with Gasteiger partial charge in [-0.25, -0.2) is 13.2 Å². The van der Waals surface area contributed by atoms with E-state index in [0.717, 1.165) is 0 Å². The summed E-state index contributed by atoms with van der Waals surface area (Å²) in [4.78, 5) is 11.6. The van der Waals surface area contributed by atoms with Gasteiger partial charge < -0.3 is 4.74 Å². The lowest BCUT2D eigenvalue weighted by atomic mass is 9.84. The minimum absolute atomic E-state index is 0.104. The fraction of sp³-hybridized carbons (Fsp3) is 0.417. The average Bonchev–Trinajstić information content (AvgIpc) is 2.15. The van der Waals surface area contributed by atoms with Crippen molar-refractivity contribution in [3.05, 3.63) is 35.1 Å². The molecule has 0 atom stereocenters. The molecule has 0 saturated heterocycles. The number of benzene rings is 1. The lowest BCUT2D eigenvalue weighted by Gasteiger charge is -2.23. The van der Waals surface area contributed by atoms with Gasteiger partial charge in [-0.3, -0.25) is 4.79 Å². The third-order valence-electron chi connectivity index (χ3n) is 2.42. The number of carbonyl (C=O) groups excluding carboxylic acids is 1. The zero-order chi connectivity index (χ0) is 13.2. The summed E-state index contributed by atoms with van der Waals surface area (Å²) < 4.78 is 44.5. The largest absolute Gasteiger partial charge is 0.465 e. The van der Waals surface area contributed by atoms with E-state index in [1.54, 1.807) is 6.92 Å². The van der Waals surface area contributed by atoms with Crippen LogP contribution in [0.25, 0.3) is 0 Å². The Bertz CT molecular complexity index is 418. The molecule has 0 radical (unpaired) electrons. The van der Waals surface area contributed by atoms with E-state index >= 15 is 0 Å². The zero-order valence-electron chi connectivity index (χ0n) is 9.81. The number of ether oxygens (including phenoxy) is 1. The van der Waals surface area contributed by atoms with Crippen molar-refractivity contribution in [3.8, 4) is 0 Å². The molecule has 0 aromatic heterocycles. The lowest BCUT2D eigenvalue weighted by Crippen LogP contribution is -2.33. The Morgan fingerprint density at radius 3 is 2.12 bits per heavy atom. The number of rotatable bonds is 3. The zero-order valence-corrected chi connectivity index (χ0v) is 9.81. The molecule has 0 aliphatic heterocycles. The molecule has 0 fully saturated rings. The summed E-state index contributed by atoms with van der Waals surface area (Å²) >= 11 is 0. The minimum Gasteiger partial charge on any atom is -0.465 e. The molecule has 0 saturated carbocycles. The normalized spacial score (nSPS) is 11.4. The first-order valence-electron chi connectivity index (χ1n) is 5.13. The maximum Gasteiger partial charge on any atom is 0.316 e. The first kappa shape index (κ1) is 13.5. The molecule has 1 rings (SSSR count). The molecule has 0 unspecified atom stereocenters. The second-order valence-electron chi connectivity index (χ2n) is 4.09. The molecule has 0 spiro atoms. The fourth-order valence-electron chi connectivity index (χ4n) is 1.55. The second kappa shape index (κ2) is 4.77. The molecule has 0 heterocycles. The van der Waals surface area contributed by atoms with Crippen molar-refractivity contribution in [2.75, 3.05) is 6.61 Å². The van der Waals surface area contributed by atoms with Gasteiger partial charge in [0.25, 0.3) is 0 Å². The molecule has 94 valence electrons. The molecule has 0 bridgehead atoms. The smallest absolute Gasteiger partial charge is 0.316 e. The van der Waals surface area contributed by atoms with Crippen LogP contribution < -0.4 is 0 Å². The van der Waals surface area contributed by atoms with Gasteiger partial charge in [0.15, 0.2) is 0 Å². The van der Waals surface area contributed by atoms with E-state index in [1.165, 1.54) is 13.8 Å². The van der Waals surface area contributed by atoms with Crippen LogP contribution in [0.4, 0.5) is 13.2 Å². The summed E-state index contributed by atoms with van der Waals surface area (Å²) in [7, 11) is 0. The van der Waals surface area contributed by atoms with E-state index in [1.807, 2.05) is 0 Å². The van der Waals surface area contributed by atoms with Crippen molar-refractivity contribution in [1.29, 1.82) is 0 Å². The Morgan fingerprint density at radius 1 is 1.24 bits per heavy atom. The molecule has 1 aromatic carbocycles. The van der Waals surface area contributed by atoms with Crippen molar-refractivity contribution in [2.24, 2.45) is 0 Å². The number of hydrogen-bond acceptors (Lipinski definition) is 2. The summed E-state index contributed by atoms with van der Waals surface area (Å²) in [5, 5.41) is 0. The second-order valence-corrected chi connectivity index (χ2v) is 4.09. The summed E-state index contributed by atoms with van der Waals surface area (Å²) in [6, 6.07) is 1.08. The predicted molar refractivity (Wildman–Crippen MR) is 56.0 cm³/mol. The van der Waals surface area contributed by atoms with Crippen molar-refractivity contribution in [1.82, 2.24) is 0 Å². The van der Waals surface area contributed by atoms with Crippen LogP contribution >= 0.6 is 0 Å². The molecular weight excluding hydrogens is 233 g/mol. The molecule has 0 amide bonds. The van der Waals surface area contributed by atoms with Crippen LogP contribution in [-0.4, -0.2) is 12.6 Å². The number of hydrogen-bond donors (Lipinski definition) is 0. The monoisotopic (exact) mass is 246 g/mol. The predicted octanol–water partition coefficient (Wildman–Crippen LogP) is 2.94. The van der Waals surface area contributed by atoms with Crippen LogP contribution in [0.1, 0.15) is 26.3 Å². The third kappa shape index (κ3) is 2.60. The summed E-state index contributed by atoms with van der Waals surface area (Å²) in [5.74, 6) is -3.98. The highest BCUT2D eigenvalue weighted by Gasteiger charge is 2.37. The number of esters is 1. The van der Waals surface area contributed by atoms with Crippen molar-refractivity contribution in [3.63, 3.8) is 0 Å². The highest BCUT2D eigenvalue weighted by Crippen LogP contribution is 2.30. The van der Waals surface area contributed by atoms with E-state index < -0.39 is 34.4 Å². The first-order chi connectivity index (χ1) is 7.80. The van der Waals surface area contributed by atoms with Gasteiger partial charge in [0.2, 0.25) is 0 Å². The van der Waals surface area contributed by atoms with E-state index in [4.69, 9.17) is 4.74 Å². The van der Waals surface area contributed by atoms with Gasteiger partial charge in [-0.15, -0.1) is 0 Å². The van der Waals surface area contributed by atoms with Gasteiger partial charge in [-0.1, -0.05) is 0 Å². The van der Waals surface area contributed by atoms with Crippen LogP contribution in [0, 0.1) is 17.5 Å². The first-order valence-corrected chi connectivity index (χ1v) is 5.13. The SMILES string of the molecule is CCOC(=O)C(C)(C)c1c(F)cc(F)cc1F. The van der Waals surface area contributed by atoms with Gasteiger partial charge in [-0.05, 0) is 20.8 Å². The van der Waals surface area contributed by atoms with Crippen LogP contribution in [-0.2, 0) is 14.9 Å². The number of carbonyl (C=O) groups is 1. The average molecular weight is 246 g/mol. The molecule has 0 N–H and O–H groups in total. The van der Waals surface area contributed by atoms with E-state index in [-0.39, 0.29) is 6.61 Å². The van der Waals surface area contributed by atoms with Gasteiger partial charge in [0.05, 0.1) is 12.0 Å². The highest BCUT2D eigenvalue weighted by atomic mass is 19.1. The van der Waals surface area contributed by atoms with Gasteiger partial charge >= 0.3 is 5.97 Å². The quantitative estimate of drug-likeness (QED) is 0.766. The summed E-state index contributed by atoms with van der Waals surface area (Å²) in [6.45, 7) is 4.34. The minimum atomic E-state index is -1.50. The molecular formula is C12H13F3O2. The van der Waals surface area contributed by atoms with E-state index in [2.05, 4.69) is 0 Å². The van der Waals surface area contributed by atoms with Gasteiger partial charge in [-0.2, -0.15) is 0 Å². The summed E-state index contributed by atoms with van der Waals surface area (Å²) in [6.07, 6.45) is 0. The Kier molecular flexibility index (Phi) is 3.80. The third-order valence-corrected chi connectivity index (χ3v) is 2.42. The molecule has 17 heavy (non-hydrogen) atoms. The van der Waals surface area contributed by atoms with E-state index in [9.17, 15) is 18.0 Å². The van der Waals surface area contributed by atoms with Gasteiger partial charge in [0.1, 0.15) is 17.5 Å². The Labute approximate surface area is 97.4 Å². The van der Waals surface area contributed by atoms with Gasteiger partial charge in [0, 0.05) is 17.7 Å². The fourth-order valence-corrected chi connectivity index (χ4v) is 1.55. The lowest BCUT2D eigenvalue weighted by molar-refractivity contribution is -0.149. The Hall–Kier alpha value is -1.52. The van der Waals surface area contributed by atoms with E-state index in [0.29, 0.717) is 12.1 Å². The van der Waals surface area contributed by atoms with Crippen LogP contribution in [0.2, 0.25) is 0 Å². The Balaban J connectivity index is 3.28. The highest BCUT2D eigenvalue weighted by molar-refractivity contribution is 5.82. The topological polar surface area (TPSA) is 26.3 Å². The molecule has 2 nitrogen and oxygen atoms in total. The molecule has 5 heteroatoms. The van der Waals surface area contributed by atoms with Crippen molar-refractivity contribution >= 4 is 5.97 Å². The maximum absolute atomic E-state index is 13.5. The Morgan fingerprint density at radius 2 is 1.71 bits per heavy atom. The molecule has 1 aromatic rings. The summed E-state index contributed by atoms with van der Waals surface area (Å²) in [5.41, 5.74) is -1.99.